The molecule has 0 amide bonds. The van der Waals surface area contributed by atoms with Gasteiger partial charge in [-0.25, -0.2) is 0 Å². The zero-order valence-corrected chi connectivity index (χ0v) is 10.2. The first-order chi connectivity index (χ1) is 8.66. The third kappa shape index (κ3) is 1.65. The van der Waals surface area contributed by atoms with Gasteiger partial charge in [-0.3, -0.25) is 4.79 Å². The van der Waals surface area contributed by atoms with Gasteiger partial charge in [0.2, 0.25) is 0 Å². The largest absolute Gasteiger partial charge is 0.481 e. The lowest BCUT2D eigenvalue weighted by atomic mass is 9.79. The monoisotopic (exact) mass is 245 g/mol. The molecule has 1 aliphatic carbocycles. The molecule has 1 aromatic heterocycles. The molecule has 0 atom stereocenters. The van der Waals surface area contributed by atoms with Gasteiger partial charge in [-0.1, -0.05) is 12.1 Å². The fourth-order valence-electron chi connectivity index (χ4n) is 2.54. The van der Waals surface area contributed by atoms with Crippen LogP contribution in [-0.4, -0.2) is 24.2 Å². The number of nitrogens with zero attached hydrogens (tertiary/aromatic N) is 1. The molecule has 0 radical (unpaired) electrons. The van der Waals surface area contributed by atoms with Gasteiger partial charge in [-0.2, -0.15) is 0 Å². The lowest BCUT2D eigenvalue weighted by molar-refractivity contribution is -0.145. The minimum absolute atomic E-state index is 0.185. The van der Waals surface area contributed by atoms with Crippen LogP contribution in [0.2, 0.25) is 0 Å². The second-order valence-corrected chi connectivity index (χ2v) is 4.89. The molecule has 0 saturated heterocycles. The first kappa shape index (κ1) is 11.1. The third-order valence-corrected chi connectivity index (χ3v) is 3.85. The molecule has 4 nitrogen and oxygen atoms in total. The van der Waals surface area contributed by atoms with Gasteiger partial charge >= 0.3 is 5.97 Å². The van der Waals surface area contributed by atoms with Gasteiger partial charge in [0.05, 0.1) is 11.6 Å². The average Bonchev–Trinajstić information content (AvgIpc) is 2.69. The second kappa shape index (κ2) is 4.05. The fourth-order valence-corrected chi connectivity index (χ4v) is 2.54. The number of carboxylic acid groups (broad SMARTS) is 1. The van der Waals surface area contributed by atoms with E-state index in [0.717, 1.165) is 16.7 Å². The Bertz CT molecular complexity index is 583. The van der Waals surface area contributed by atoms with Crippen LogP contribution in [0.15, 0.2) is 34.9 Å². The highest BCUT2D eigenvalue weighted by molar-refractivity contribution is 5.91. The molecule has 3 rings (SSSR count). The lowest BCUT2D eigenvalue weighted by Crippen LogP contribution is -2.45. The smallest absolute Gasteiger partial charge is 0.306 e. The number of furan rings is 1. The zero-order chi connectivity index (χ0) is 12.7. The summed E-state index contributed by atoms with van der Waals surface area (Å²) in [4.78, 5) is 12.9. The maximum atomic E-state index is 10.8. The van der Waals surface area contributed by atoms with Crippen LogP contribution in [0.4, 0.5) is 5.69 Å². The molecule has 1 aliphatic rings. The van der Waals surface area contributed by atoms with Crippen LogP contribution >= 0.6 is 0 Å². The molecule has 1 heterocycles. The summed E-state index contributed by atoms with van der Waals surface area (Å²) in [7, 11) is 2.00. The van der Waals surface area contributed by atoms with E-state index in [1.54, 1.807) is 6.26 Å². The maximum Gasteiger partial charge on any atom is 0.306 e. The van der Waals surface area contributed by atoms with E-state index < -0.39 is 5.97 Å². The number of aliphatic carboxylic acids is 1. The summed E-state index contributed by atoms with van der Waals surface area (Å²) in [5.74, 6) is -0.868. The van der Waals surface area contributed by atoms with E-state index in [1.807, 2.05) is 31.3 Å². The molecule has 2 aromatic rings. The molecular weight excluding hydrogens is 230 g/mol. The highest BCUT2D eigenvalue weighted by Gasteiger charge is 2.37. The molecule has 18 heavy (non-hydrogen) atoms. The van der Waals surface area contributed by atoms with Crippen LogP contribution in [0.5, 0.6) is 0 Å². The summed E-state index contributed by atoms with van der Waals surface area (Å²) >= 11 is 0. The number of carboxylic acids is 1. The Morgan fingerprint density at radius 3 is 2.83 bits per heavy atom. The number of anilines is 1. The molecule has 1 saturated carbocycles. The fraction of sp³-hybridized carbons (Fsp3) is 0.357. The van der Waals surface area contributed by atoms with E-state index >= 15 is 0 Å². The summed E-state index contributed by atoms with van der Waals surface area (Å²) in [6.07, 6.45) is 3.18. The van der Waals surface area contributed by atoms with Crippen LogP contribution in [0.25, 0.3) is 11.0 Å². The molecule has 1 N–H and O–H groups in total. The second-order valence-electron chi connectivity index (χ2n) is 4.89. The van der Waals surface area contributed by atoms with E-state index in [9.17, 15) is 4.79 Å². The topological polar surface area (TPSA) is 53.7 Å². The van der Waals surface area contributed by atoms with Crippen molar-refractivity contribution in [3.05, 3.63) is 30.5 Å². The van der Waals surface area contributed by atoms with Gasteiger partial charge in [-0.15, -0.1) is 0 Å². The summed E-state index contributed by atoms with van der Waals surface area (Å²) in [5.41, 5.74) is 1.91. The summed E-state index contributed by atoms with van der Waals surface area (Å²) in [5, 5.41) is 9.98. The maximum absolute atomic E-state index is 10.8. The van der Waals surface area contributed by atoms with Gasteiger partial charge in [0, 0.05) is 18.5 Å². The molecule has 4 heteroatoms. The van der Waals surface area contributed by atoms with Crippen molar-refractivity contribution in [2.75, 3.05) is 11.9 Å². The molecular formula is C14H15NO3. The molecule has 0 spiro atoms. The van der Waals surface area contributed by atoms with Crippen molar-refractivity contribution in [2.45, 2.75) is 18.9 Å². The van der Waals surface area contributed by atoms with Crippen LogP contribution < -0.4 is 4.90 Å². The molecule has 94 valence electrons. The van der Waals surface area contributed by atoms with E-state index in [4.69, 9.17) is 9.52 Å². The van der Waals surface area contributed by atoms with E-state index in [2.05, 4.69) is 4.90 Å². The Morgan fingerprint density at radius 1 is 1.39 bits per heavy atom. The van der Waals surface area contributed by atoms with E-state index in [-0.39, 0.29) is 5.92 Å². The van der Waals surface area contributed by atoms with Crippen LogP contribution in [0.1, 0.15) is 12.8 Å². The summed E-state index contributed by atoms with van der Waals surface area (Å²) < 4.78 is 5.51. The van der Waals surface area contributed by atoms with Crippen LogP contribution in [0.3, 0.4) is 0 Å². The van der Waals surface area contributed by atoms with Crippen molar-refractivity contribution < 1.29 is 14.3 Å². The highest BCUT2D eigenvalue weighted by atomic mass is 16.4. The Kier molecular flexibility index (Phi) is 2.51. The van der Waals surface area contributed by atoms with Crippen molar-refractivity contribution in [3.63, 3.8) is 0 Å². The SMILES string of the molecule is CN(c1coc2ccccc12)C1CC(C(=O)O)C1. The minimum Gasteiger partial charge on any atom is -0.481 e. The van der Waals surface area contributed by atoms with E-state index in [0.29, 0.717) is 18.9 Å². The van der Waals surface area contributed by atoms with Gasteiger partial charge < -0.3 is 14.4 Å². The van der Waals surface area contributed by atoms with Gasteiger partial charge in [0.15, 0.2) is 0 Å². The van der Waals surface area contributed by atoms with E-state index in [1.165, 1.54) is 0 Å². The quantitative estimate of drug-likeness (QED) is 0.903. The van der Waals surface area contributed by atoms with Crippen molar-refractivity contribution in [3.8, 4) is 0 Å². The average molecular weight is 245 g/mol. The predicted octanol–water partition coefficient (Wildman–Crippen LogP) is 2.73. The number of benzene rings is 1. The number of rotatable bonds is 3. The van der Waals surface area contributed by atoms with Crippen molar-refractivity contribution in [2.24, 2.45) is 5.92 Å². The molecule has 0 aliphatic heterocycles. The molecule has 0 bridgehead atoms. The number of fused-ring (bicyclic) bond motifs is 1. The number of hydrogen-bond acceptors (Lipinski definition) is 3. The Balaban J connectivity index is 1.81. The normalized spacial score (nSPS) is 22.7. The Hall–Kier alpha value is -1.97. The predicted molar refractivity (Wildman–Crippen MR) is 68.8 cm³/mol. The summed E-state index contributed by atoms with van der Waals surface area (Å²) in [6.45, 7) is 0. The molecule has 1 aromatic carbocycles. The Labute approximate surface area is 105 Å². The first-order valence-electron chi connectivity index (χ1n) is 6.08. The number of carbonyl (C=O) groups is 1. The zero-order valence-electron chi connectivity index (χ0n) is 10.2. The standard InChI is InChI=1S/C14H15NO3/c1-15(10-6-9(7-10)14(16)17)12-8-18-13-5-3-2-4-11(12)13/h2-5,8-10H,6-7H2,1H3,(H,16,17). The first-order valence-corrected chi connectivity index (χ1v) is 6.08. The summed E-state index contributed by atoms with van der Waals surface area (Å²) in [6, 6.07) is 8.19. The lowest BCUT2D eigenvalue weighted by Gasteiger charge is -2.39. The van der Waals surface area contributed by atoms with Gasteiger partial charge in [0.25, 0.3) is 0 Å². The number of hydrogen-bond donors (Lipinski definition) is 1. The van der Waals surface area contributed by atoms with Crippen molar-refractivity contribution in [1.82, 2.24) is 0 Å². The molecule has 0 unspecified atom stereocenters. The Morgan fingerprint density at radius 2 is 2.11 bits per heavy atom. The van der Waals surface area contributed by atoms with Crippen LogP contribution in [-0.2, 0) is 4.79 Å². The van der Waals surface area contributed by atoms with Crippen molar-refractivity contribution >= 4 is 22.6 Å². The van der Waals surface area contributed by atoms with Gasteiger partial charge in [-0.05, 0) is 25.0 Å². The molecule has 1 fully saturated rings. The van der Waals surface area contributed by atoms with Gasteiger partial charge in [0.1, 0.15) is 11.8 Å². The van der Waals surface area contributed by atoms with Crippen molar-refractivity contribution in [1.29, 1.82) is 0 Å². The third-order valence-electron chi connectivity index (χ3n) is 3.85. The van der Waals surface area contributed by atoms with Crippen LogP contribution in [0, 0.1) is 5.92 Å². The minimum atomic E-state index is -0.684. The number of para-hydroxylation sites is 1. The highest BCUT2D eigenvalue weighted by Crippen LogP contribution is 2.37.